The Balaban J connectivity index is 1.36. The van der Waals surface area contributed by atoms with Gasteiger partial charge in [-0.05, 0) is 53.1 Å². The first-order valence-electron chi connectivity index (χ1n) is 11.9. The summed E-state index contributed by atoms with van der Waals surface area (Å²) in [7, 11) is 0. The Hall–Kier alpha value is -4.21. The van der Waals surface area contributed by atoms with E-state index < -0.39 is 6.04 Å². The van der Waals surface area contributed by atoms with Crippen molar-refractivity contribution in [3.63, 3.8) is 0 Å². The van der Waals surface area contributed by atoms with Crippen molar-refractivity contribution in [1.82, 2.24) is 41.2 Å². The second-order valence-electron chi connectivity index (χ2n) is 8.77. The third-order valence-corrected chi connectivity index (χ3v) is 6.54. The zero-order valence-corrected chi connectivity index (χ0v) is 21.9. The first-order chi connectivity index (χ1) is 18.5. The van der Waals surface area contributed by atoms with Gasteiger partial charge in [0.2, 0.25) is 0 Å². The Morgan fingerprint density at radius 3 is 2.55 bits per heavy atom. The van der Waals surface area contributed by atoms with E-state index in [0.29, 0.717) is 33.9 Å². The average Bonchev–Trinajstić information content (AvgIpc) is 3.59. The number of nitrogens with zero attached hydrogens (tertiary/aromatic N) is 4. The van der Waals surface area contributed by atoms with Gasteiger partial charge < -0.3 is 15.6 Å². The van der Waals surface area contributed by atoms with E-state index in [9.17, 15) is 4.79 Å². The van der Waals surface area contributed by atoms with Gasteiger partial charge in [0, 0.05) is 22.7 Å². The lowest BCUT2D eigenvalue weighted by Crippen LogP contribution is -2.39. The van der Waals surface area contributed by atoms with Crippen LogP contribution in [0.3, 0.4) is 0 Å². The number of hydrogen-bond acceptors (Lipinski definition) is 5. The smallest absolute Gasteiger partial charge is 0.315 e. The molecule has 192 valence electrons. The maximum absolute atomic E-state index is 13.1. The van der Waals surface area contributed by atoms with Gasteiger partial charge in [0.05, 0.1) is 6.04 Å². The van der Waals surface area contributed by atoms with Crippen molar-refractivity contribution in [2.75, 3.05) is 0 Å². The number of carbonyl (C=O) groups is 1. The molecule has 0 spiro atoms. The summed E-state index contributed by atoms with van der Waals surface area (Å²) in [5, 5.41) is 20.9. The van der Waals surface area contributed by atoms with Crippen molar-refractivity contribution in [1.29, 1.82) is 0 Å². The molecule has 0 radical (unpaired) electrons. The molecule has 2 aromatic heterocycles. The second kappa shape index (κ2) is 11.5. The summed E-state index contributed by atoms with van der Waals surface area (Å²) in [5.41, 5.74) is 5.20. The lowest BCUT2D eigenvalue weighted by Gasteiger charge is -2.18. The molecular formula is C27H24Cl2N8O. The number of rotatable bonds is 8. The van der Waals surface area contributed by atoms with E-state index >= 15 is 0 Å². The number of imidazole rings is 1. The number of carbonyl (C=O) groups excluding carboxylic acids is 1. The van der Waals surface area contributed by atoms with E-state index in [0.717, 1.165) is 27.8 Å². The van der Waals surface area contributed by atoms with Crippen LogP contribution in [-0.2, 0) is 13.0 Å². The fraction of sp³-hybridized carbons (Fsp3) is 0.148. The number of hydrogen-bond donors (Lipinski definition) is 4. The predicted octanol–water partition coefficient (Wildman–Crippen LogP) is 5.66. The van der Waals surface area contributed by atoms with Crippen molar-refractivity contribution in [3.05, 3.63) is 105 Å². The Labute approximate surface area is 229 Å². The van der Waals surface area contributed by atoms with E-state index in [1.165, 1.54) is 0 Å². The maximum atomic E-state index is 13.1. The van der Waals surface area contributed by atoms with E-state index in [-0.39, 0.29) is 12.6 Å². The Morgan fingerprint density at radius 1 is 1.03 bits per heavy atom. The van der Waals surface area contributed by atoms with Gasteiger partial charge in [0.25, 0.3) is 0 Å². The molecule has 0 aliphatic carbocycles. The highest BCUT2D eigenvalue weighted by Crippen LogP contribution is 2.29. The summed E-state index contributed by atoms with van der Waals surface area (Å²) in [5.74, 6) is 1.04. The summed E-state index contributed by atoms with van der Waals surface area (Å²) >= 11 is 12.8. The molecule has 0 aliphatic rings. The van der Waals surface area contributed by atoms with Crippen LogP contribution < -0.4 is 10.6 Å². The average molecular weight is 547 g/mol. The van der Waals surface area contributed by atoms with Gasteiger partial charge in [-0.1, -0.05) is 83.4 Å². The molecule has 5 aromatic rings. The van der Waals surface area contributed by atoms with Crippen LogP contribution in [0.4, 0.5) is 4.79 Å². The van der Waals surface area contributed by atoms with Gasteiger partial charge >= 0.3 is 6.03 Å². The molecule has 2 heterocycles. The van der Waals surface area contributed by atoms with Crippen LogP contribution >= 0.6 is 23.2 Å². The topological polar surface area (TPSA) is 124 Å². The fourth-order valence-corrected chi connectivity index (χ4v) is 4.54. The number of aromatic amines is 2. The molecular weight excluding hydrogens is 523 g/mol. The van der Waals surface area contributed by atoms with Crippen LogP contribution in [0.5, 0.6) is 0 Å². The summed E-state index contributed by atoms with van der Waals surface area (Å²) in [6.07, 6.45) is 0.511. The SMILES string of the molecule is Cc1ccc(-c2nc([C@H](Cc3ccccc3)NC(=O)NCc3cc(Cl)ccc3-c3nnn[nH]3)[nH]c2Cl)cc1. The largest absolute Gasteiger partial charge is 0.334 e. The summed E-state index contributed by atoms with van der Waals surface area (Å²) in [4.78, 5) is 21.0. The zero-order valence-electron chi connectivity index (χ0n) is 20.4. The summed E-state index contributed by atoms with van der Waals surface area (Å²) < 4.78 is 0. The third-order valence-electron chi connectivity index (χ3n) is 6.03. The monoisotopic (exact) mass is 546 g/mol. The van der Waals surface area contributed by atoms with Gasteiger partial charge in [-0.2, -0.15) is 0 Å². The Bertz CT molecular complexity index is 1520. The highest BCUT2D eigenvalue weighted by molar-refractivity contribution is 6.32. The Morgan fingerprint density at radius 2 is 1.82 bits per heavy atom. The van der Waals surface area contributed by atoms with E-state index in [1.54, 1.807) is 18.2 Å². The van der Waals surface area contributed by atoms with Crippen LogP contribution in [0.15, 0.2) is 72.8 Å². The molecule has 9 nitrogen and oxygen atoms in total. The molecule has 5 rings (SSSR count). The molecule has 0 bridgehead atoms. The highest BCUT2D eigenvalue weighted by Gasteiger charge is 2.22. The molecule has 0 aliphatic heterocycles. The van der Waals surface area contributed by atoms with Gasteiger partial charge in [-0.25, -0.2) is 14.9 Å². The van der Waals surface area contributed by atoms with Gasteiger partial charge in [0.15, 0.2) is 5.82 Å². The van der Waals surface area contributed by atoms with Crippen molar-refractivity contribution >= 4 is 29.2 Å². The normalized spacial score (nSPS) is 11.8. The predicted molar refractivity (Wildman–Crippen MR) is 147 cm³/mol. The number of aromatic nitrogens is 6. The fourth-order valence-electron chi connectivity index (χ4n) is 4.10. The van der Waals surface area contributed by atoms with E-state index in [4.69, 9.17) is 28.2 Å². The number of benzene rings is 3. The van der Waals surface area contributed by atoms with E-state index in [1.807, 2.05) is 61.5 Å². The minimum atomic E-state index is -0.466. The quantitative estimate of drug-likeness (QED) is 0.200. The molecule has 11 heteroatoms. The lowest BCUT2D eigenvalue weighted by atomic mass is 10.1. The van der Waals surface area contributed by atoms with E-state index in [2.05, 4.69) is 36.2 Å². The molecule has 0 unspecified atom stereocenters. The highest BCUT2D eigenvalue weighted by atomic mass is 35.5. The van der Waals surface area contributed by atoms with Crippen LogP contribution in [0.25, 0.3) is 22.6 Å². The number of aryl methyl sites for hydroxylation is 1. The minimum absolute atomic E-state index is 0.202. The van der Waals surface area contributed by atoms with Crippen molar-refractivity contribution in [2.24, 2.45) is 0 Å². The summed E-state index contributed by atoms with van der Waals surface area (Å²) in [6.45, 7) is 2.22. The standard InChI is InChI=1S/C27H24Cl2N8O/c1-16-7-9-18(10-8-16)23-24(29)33-26(32-23)22(13-17-5-3-2-4-6-17)31-27(38)30-15-19-14-20(28)11-12-21(19)25-34-36-37-35-25/h2-12,14,22H,13,15H2,1H3,(H,32,33)(H2,30,31,38)(H,34,35,36,37)/t22-/m0/s1. The second-order valence-corrected chi connectivity index (χ2v) is 9.59. The van der Waals surface area contributed by atoms with Crippen molar-refractivity contribution < 1.29 is 4.79 Å². The zero-order chi connectivity index (χ0) is 26.5. The third kappa shape index (κ3) is 6.01. The molecule has 2 amide bonds. The van der Waals surface area contributed by atoms with Gasteiger partial charge in [0.1, 0.15) is 16.7 Å². The lowest BCUT2D eigenvalue weighted by molar-refractivity contribution is 0.236. The van der Waals surface area contributed by atoms with Crippen LogP contribution in [0.1, 0.15) is 28.6 Å². The number of amides is 2. The maximum Gasteiger partial charge on any atom is 0.315 e. The van der Waals surface area contributed by atoms with Gasteiger partial charge in [-0.15, -0.1) is 5.10 Å². The number of nitrogens with one attached hydrogen (secondary N) is 4. The van der Waals surface area contributed by atoms with Crippen molar-refractivity contribution in [2.45, 2.75) is 25.9 Å². The number of H-pyrrole nitrogens is 2. The van der Waals surface area contributed by atoms with Crippen LogP contribution in [0.2, 0.25) is 10.2 Å². The molecule has 0 saturated heterocycles. The molecule has 0 fully saturated rings. The van der Waals surface area contributed by atoms with Crippen molar-refractivity contribution in [3.8, 4) is 22.6 Å². The molecule has 0 saturated carbocycles. The molecule has 3 aromatic carbocycles. The Kier molecular flexibility index (Phi) is 7.67. The molecule has 38 heavy (non-hydrogen) atoms. The first-order valence-corrected chi connectivity index (χ1v) is 12.6. The number of urea groups is 1. The molecule has 4 N–H and O–H groups in total. The first kappa shape index (κ1) is 25.4. The van der Waals surface area contributed by atoms with Crippen LogP contribution in [0, 0.1) is 6.92 Å². The number of halogens is 2. The molecule has 1 atom stereocenters. The van der Waals surface area contributed by atoms with Gasteiger partial charge in [-0.3, -0.25) is 0 Å². The summed E-state index contributed by atoms with van der Waals surface area (Å²) in [6, 6.07) is 22.3. The van der Waals surface area contributed by atoms with Crippen LogP contribution in [-0.4, -0.2) is 36.6 Å². The minimum Gasteiger partial charge on any atom is -0.334 e. The number of tetrazole rings is 1.